The normalized spacial score (nSPS) is 12.2. The Morgan fingerprint density at radius 2 is 2.38 bits per heavy atom. The van der Waals surface area contributed by atoms with E-state index in [1.807, 2.05) is 0 Å². The maximum Gasteiger partial charge on any atom is 0.155 e. The van der Waals surface area contributed by atoms with Gasteiger partial charge in [0.25, 0.3) is 0 Å². The average Bonchev–Trinajstić information content (AvgIpc) is 2.45. The number of carbonyl (C=O) groups excluding carboxylic acids is 1. The summed E-state index contributed by atoms with van der Waals surface area (Å²) in [4.78, 5) is 11.7. The van der Waals surface area contributed by atoms with Gasteiger partial charge in [0.1, 0.15) is 5.15 Å². The summed E-state index contributed by atoms with van der Waals surface area (Å²) in [6.45, 7) is 1.81. The molecule has 5 heteroatoms. The molecule has 0 spiro atoms. The molecule has 1 aromatic rings. The first-order valence-corrected chi connectivity index (χ1v) is 5.25. The Labute approximate surface area is 99.8 Å². The van der Waals surface area contributed by atoms with Gasteiger partial charge < -0.3 is 5.73 Å². The van der Waals surface area contributed by atoms with Crippen molar-refractivity contribution < 1.29 is 4.79 Å². The predicted molar refractivity (Wildman–Crippen MR) is 63.1 cm³/mol. The zero-order chi connectivity index (χ0) is 12.3. The minimum absolute atomic E-state index is 0.115. The number of carbonyl (C=O) groups is 1. The predicted octanol–water partition coefficient (Wildman–Crippen LogP) is 0.844. The van der Waals surface area contributed by atoms with E-state index in [9.17, 15) is 4.79 Å². The number of aromatic nitrogens is 2. The van der Waals surface area contributed by atoms with Crippen LogP contribution in [0.25, 0.3) is 0 Å². The van der Waals surface area contributed by atoms with Crippen molar-refractivity contribution >= 4 is 17.4 Å². The zero-order valence-electron chi connectivity index (χ0n) is 9.33. The molecule has 1 unspecified atom stereocenters. The summed E-state index contributed by atoms with van der Waals surface area (Å²) in [5.41, 5.74) is 7.09. The fourth-order valence-electron chi connectivity index (χ4n) is 1.42. The number of nitrogens with zero attached hydrogens (tertiary/aromatic N) is 2. The molecule has 0 saturated heterocycles. The van der Waals surface area contributed by atoms with Crippen LogP contribution in [0.3, 0.4) is 0 Å². The van der Waals surface area contributed by atoms with E-state index in [-0.39, 0.29) is 18.6 Å². The number of hydrogen-bond donors (Lipinski definition) is 1. The summed E-state index contributed by atoms with van der Waals surface area (Å²) in [7, 11) is 1.73. The van der Waals surface area contributed by atoms with Gasteiger partial charge in [0.2, 0.25) is 0 Å². The highest BCUT2D eigenvalue weighted by molar-refractivity contribution is 6.30. The summed E-state index contributed by atoms with van der Waals surface area (Å²) >= 11 is 6.01. The SMILES string of the molecule is C#CCC(N)C(=O)Cc1c(C)nn(C)c1Cl. The summed E-state index contributed by atoms with van der Waals surface area (Å²) in [5.74, 6) is 2.25. The van der Waals surface area contributed by atoms with E-state index in [1.165, 1.54) is 4.68 Å². The van der Waals surface area contributed by atoms with Crippen LogP contribution in [0.2, 0.25) is 5.15 Å². The van der Waals surface area contributed by atoms with Gasteiger partial charge in [0.15, 0.2) is 5.78 Å². The van der Waals surface area contributed by atoms with Gasteiger partial charge in [-0.2, -0.15) is 5.10 Å². The summed E-state index contributed by atoms with van der Waals surface area (Å²) < 4.78 is 1.53. The fraction of sp³-hybridized carbons (Fsp3) is 0.455. The lowest BCUT2D eigenvalue weighted by Gasteiger charge is -2.06. The monoisotopic (exact) mass is 239 g/mol. The number of terminal acetylenes is 1. The quantitative estimate of drug-likeness (QED) is 0.793. The van der Waals surface area contributed by atoms with E-state index < -0.39 is 6.04 Å². The molecule has 1 atom stereocenters. The Hall–Kier alpha value is -1.31. The highest BCUT2D eigenvalue weighted by Gasteiger charge is 2.18. The molecule has 16 heavy (non-hydrogen) atoms. The van der Waals surface area contributed by atoms with E-state index >= 15 is 0 Å². The van der Waals surface area contributed by atoms with Crippen molar-refractivity contribution in [1.82, 2.24) is 9.78 Å². The first-order chi connectivity index (χ1) is 7.47. The Bertz CT molecular complexity index is 445. The lowest BCUT2D eigenvalue weighted by molar-refractivity contribution is -0.119. The summed E-state index contributed by atoms with van der Waals surface area (Å²) in [5, 5.41) is 4.59. The van der Waals surface area contributed by atoms with Gasteiger partial charge >= 0.3 is 0 Å². The Morgan fingerprint density at radius 1 is 1.75 bits per heavy atom. The van der Waals surface area contributed by atoms with Crippen molar-refractivity contribution in [1.29, 1.82) is 0 Å². The lowest BCUT2D eigenvalue weighted by Crippen LogP contribution is -2.31. The minimum atomic E-state index is -0.624. The van der Waals surface area contributed by atoms with Crippen LogP contribution in [-0.2, 0) is 18.3 Å². The molecule has 86 valence electrons. The van der Waals surface area contributed by atoms with Crippen molar-refractivity contribution in [3.8, 4) is 12.3 Å². The maximum absolute atomic E-state index is 11.7. The second-order valence-electron chi connectivity index (χ2n) is 3.64. The molecule has 0 aliphatic heterocycles. The molecular formula is C11H14ClN3O. The number of ketones is 1. The molecule has 0 amide bonds. The molecule has 1 rings (SSSR count). The van der Waals surface area contributed by atoms with Crippen molar-refractivity contribution in [2.24, 2.45) is 12.8 Å². The van der Waals surface area contributed by atoms with Crippen LogP contribution in [0.4, 0.5) is 0 Å². The van der Waals surface area contributed by atoms with Crippen molar-refractivity contribution in [2.45, 2.75) is 25.8 Å². The second kappa shape index (κ2) is 5.15. The first-order valence-electron chi connectivity index (χ1n) is 4.87. The van der Waals surface area contributed by atoms with Crippen LogP contribution in [0.1, 0.15) is 17.7 Å². The molecule has 0 aliphatic carbocycles. The number of nitrogens with two attached hydrogens (primary N) is 1. The fourth-order valence-corrected chi connectivity index (χ4v) is 1.66. The Kier molecular flexibility index (Phi) is 4.11. The summed E-state index contributed by atoms with van der Waals surface area (Å²) in [6.07, 6.45) is 5.53. The molecule has 1 heterocycles. The largest absolute Gasteiger partial charge is 0.321 e. The molecule has 0 aromatic carbocycles. The summed E-state index contributed by atoms with van der Waals surface area (Å²) in [6, 6.07) is -0.624. The number of hydrogen-bond acceptors (Lipinski definition) is 3. The third kappa shape index (κ3) is 2.63. The van der Waals surface area contributed by atoms with Gasteiger partial charge in [-0.1, -0.05) is 11.6 Å². The lowest BCUT2D eigenvalue weighted by atomic mass is 10.0. The van der Waals surface area contributed by atoms with Crippen LogP contribution in [-0.4, -0.2) is 21.6 Å². The Balaban J connectivity index is 2.81. The van der Waals surface area contributed by atoms with Crippen LogP contribution in [0.5, 0.6) is 0 Å². The van der Waals surface area contributed by atoms with Gasteiger partial charge in [-0.15, -0.1) is 12.3 Å². The topological polar surface area (TPSA) is 60.9 Å². The van der Waals surface area contributed by atoms with Gasteiger partial charge in [0.05, 0.1) is 11.7 Å². The molecule has 0 aliphatic rings. The standard InChI is InChI=1S/C11H14ClN3O/c1-4-5-9(13)10(16)6-8-7(2)14-15(3)11(8)12/h1,9H,5-6,13H2,2-3H3. The third-order valence-corrected chi connectivity index (χ3v) is 2.84. The number of rotatable bonds is 4. The van der Waals surface area contributed by atoms with Gasteiger partial charge in [-0.05, 0) is 6.92 Å². The molecule has 0 bridgehead atoms. The average molecular weight is 240 g/mol. The number of halogens is 1. The van der Waals surface area contributed by atoms with E-state index in [0.29, 0.717) is 5.15 Å². The third-order valence-electron chi connectivity index (χ3n) is 2.37. The first kappa shape index (κ1) is 12.8. The van der Waals surface area contributed by atoms with E-state index in [1.54, 1.807) is 14.0 Å². The Morgan fingerprint density at radius 3 is 2.81 bits per heavy atom. The van der Waals surface area contributed by atoms with Crippen LogP contribution < -0.4 is 5.73 Å². The highest BCUT2D eigenvalue weighted by atomic mass is 35.5. The molecule has 0 saturated carbocycles. The van der Waals surface area contributed by atoms with Crippen molar-refractivity contribution in [3.05, 3.63) is 16.4 Å². The highest BCUT2D eigenvalue weighted by Crippen LogP contribution is 2.19. The smallest absolute Gasteiger partial charge is 0.155 e. The molecule has 0 fully saturated rings. The minimum Gasteiger partial charge on any atom is -0.321 e. The van der Waals surface area contributed by atoms with Gasteiger partial charge in [-0.3, -0.25) is 9.48 Å². The van der Waals surface area contributed by atoms with Crippen molar-refractivity contribution in [3.63, 3.8) is 0 Å². The van der Waals surface area contributed by atoms with Crippen LogP contribution in [0, 0.1) is 19.3 Å². The zero-order valence-corrected chi connectivity index (χ0v) is 10.1. The molecule has 2 N–H and O–H groups in total. The molecular weight excluding hydrogens is 226 g/mol. The van der Waals surface area contributed by atoms with E-state index in [2.05, 4.69) is 11.0 Å². The molecule has 4 nitrogen and oxygen atoms in total. The van der Waals surface area contributed by atoms with E-state index in [0.717, 1.165) is 11.3 Å². The maximum atomic E-state index is 11.7. The van der Waals surface area contributed by atoms with Crippen LogP contribution in [0.15, 0.2) is 0 Å². The number of aryl methyl sites for hydroxylation is 2. The van der Waals surface area contributed by atoms with Crippen molar-refractivity contribution in [2.75, 3.05) is 0 Å². The van der Waals surface area contributed by atoms with Crippen LogP contribution >= 0.6 is 11.6 Å². The second-order valence-corrected chi connectivity index (χ2v) is 3.99. The number of Topliss-reactive ketones (excluding diaryl/α,β-unsaturated/α-hetero) is 1. The molecule has 0 radical (unpaired) electrons. The van der Waals surface area contributed by atoms with E-state index in [4.69, 9.17) is 23.8 Å². The molecule has 1 aromatic heterocycles. The van der Waals surface area contributed by atoms with Gasteiger partial charge in [0, 0.05) is 25.5 Å². The van der Waals surface area contributed by atoms with Gasteiger partial charge in [-0.25, -0.2) is 0 Å².